The molecule has 0 bridgehead atoms. The maximum Gasteiger partial charge on any atom is 0.255 e. The molecule has 144 valence electrons. The number of carbonyl (C=O) groups excluding carboxylic acids is 2. The first-order chi connectivity index (χ1) is 13.9. The molecular formula is C21H12F3N3O2. The van der Waals surface area contributed by atoms with Gasteiger partial charge in [-0.25, -0.2) is 13.2 Å². The lowest BCUT2D eigenvalue weighted by Gasteiger charge is -2.09. The van der Waals surface area contributed by atoms with E-state index in [4.69, 9.17) is 5.26 Å². The summed E-state index contributed by atoms with van der Waals surface area (Å²) in [7, 11) is 0. The molecule has 0 saturated heterocycles. The summed E-state index contributed by atoms with van der Waals surface area (Å²) in [6, 6.07) is 15.3. The number of benzene rings is 3. The Morgan fingerprint density at radius 3 is 2.03 bits per heavy atom. The minimum absolute atomic E-state index is 0.0807. The maximum atomic E-state index is 13.7. The minimum atomic E-state index is -1.68. The van der Waals surface area contributed by atoms with Crippen molar-refractivity contribution in [1.82, 2.24) is 0 Å². The van der Waals surface area contributed by atoms with E-state index in [9.17, 15) is 22.8 Å². The van der Waals surface area contributed by atoms with E-state index in [1.54, 1.807) is 18.2 Å². The number of nitrogens with one attached hydrogen (secondary N) is 2. The molecule has 0 aliphatic heterocycles. The molecule has 0 radical (unpaired) electrons. The van der Waals surface area contributed by atoms with Gasteiger partial charge in [0.05, 0.1) is 17.3 Å². The standard InChI is InChI=1S/C21H12F3N3O2/c22-16-8-9-17(19(24)18(16)23)27-21(29)14-6-4-13(5-7-14)20(28)26-15-3-1-2-12(10-15)11-25/h1-10H,(H,26,28)(H,27,29). The van der Waals surface area contributed by atoms with E-state index in [1.807, 2.05) is 6.07 Å². The minimum Gasteiger partial charge on any atom is -0.322 e. The van der Waals surface area contributed by atoms with Gasteiger partial charge in [-0.05, 0) is 54.6 Å². The highest BCUT2D eigenvalue weighted by Crippen LogP contribution is 2.20. The highest BCUT2D eigenvalue weighted by Gasteiger charge is 2.16. The van der Waals surface area contributed by atoms with E-state index in [-0.39, 0.29) is 11.1 Å². The van der Waals surface area contributed by atoms with Crippen LogP contribution in [-0.4, -0.2) is 11.8 Å². The lowest BCUT2D eigenvalue weighted by molar-refractivity contribution is 0.101. The molecule has 0 aromatic heterocycles. The Morgan fingerprint density at radius 2 is 1.41 bits per heavy atom. The number of hydrogen-bond acceptors (Lipinski definition) is 3. The second-order valence-electron chi connectivity index (χ2n) is 5.90. The van der Waals surface area contributed by atoms with Crippen molar-refractivity contribution < 1.29 is 22.8 Å². The number of rotatable bonds is 4. The van der Waals surface area contributed by atoms with Gasteiger partial charge in [0.1, 0.15) is 0 Å². The van der Waals surface area contributed by atoms with Crippen molar-refractivity contribution in [2.24, 2.45) is 0 Å². The number of nitrogens with zero attached hydrogens (tertiary/aromatic N) is 1. The summed E-state index contributed by atoms with van der Waals surface area (Å²) in [5.74, 6) is -5.78. The van der Waals surface area contributed by atoms with Gasteiger partial charge >= 0.3 is 0 Å². The molecule has 3 rings (SSSR count). The summed E-state index contributed by atoms with van der Waals surface area (Å²) in [6.45, 7) is 0. The van der Waals surface area contributed by atoms with Crippen molar-refractivity contribution in [1.29, 1.82) is 5.26 Å². The molecule has 0 aliphatic carbocycles. The SMILES string of the molecule is N#Cc1cccc(NC(=O)c2ccc(C(=O)Nc3ccc(F)c(F)c3F)cc2)c1. The molecular weight excluding hydrogens is 383 g/mol. The van der Waals surface area contributed by atoms with Crippen LogP contribution in [0.2, 0.25) is 0 Å². The first-order valence-electron chi connectivity index (χ1n) is 8.25. The predicted molar refractivity (Wildman–Crippen MR) is 99.8 cm³/mol. The highest BCUT2D eigenvalue weighted by molar-refractivity contribution is 6.07. The van der Waals surface area contributed by atoms with Crippen molar-refractivity contribution >= 4 is 23.2 Å². The van der Waals surface area contributed by atoms with E-state index in [0.717, 1.165) is 6.07 Å². The average Bonchev–Trinajstić information content (AvgIpc) is 2.74. The molecule has 0 spiro atoms. The zero-order valence-corrected chi connectivity index (χ0v) is 14.7. The zero-order valence-electron chi connectivity index (χ0n) is 14.7. The number of nitriles is 1. The van der Waals surface area contributed by atoms with Crippen LogP contribution >= 0.6 is 0 Å². The molecule has 29 heavy (non-hydrogen) atoms. The second kappa shape index (κ2) is 8.27. The quantitative estimate of drug-likeness (QED) is 0.639. The van der Waals surface area contributed by atoms with Gasteiger partial charge in [-0.1, -0.05) is 6.07 Å². The maximum absolute atomic E-state index is 13.7. The van der Waals surface area contributed by atoms with Crippen LogP contribution < -0.4 is 10.6 Å². The van der Waals surface area contributed by atoms with Gasteiger partial charge in [-0.2, -0.15) is 5.26 Å². The molecule has 2 N–H and O–H groups in total. The largest absolute Gasteiger partial charge is 0.322 e. The van der Waals surface area contributed by atoms with E-state index in [2.05, 4.69) is 10.6 Å². The number of hydrogen-bond donors (Lipinski definition) is 2. The van der Waals surface area contributed by atoms with E-state index in [0.29, 0.717) is 17.3 Å². The van der Waals surface area contributed by atoms with E-state index in [1.165, 1.54) is 30.3 Å². The molecule has 3 aromatic carbocycles. The molecule has 5 nitrogen and oxygen atoms in total. The zero-order chi connectivity index (χ0) is 21.0. The van der Waals surface area contributed by atoms with Crippen molar-refractivity contribution in [2.75, 3.05) is 10.6 Å². The molecule has 3 aromatic rings. The van der Waals surface area contributed by atoms with Gasteiger partial charge in [0, 0.05) is 16.8 Å². The van der Waals surface area contributed by atoms with Gasteiger partial charge in [-0.3, -0.25) is 9.59 Å². The number of anilines is 2. The molecule has 8 heteroatoms. The van der Waals surface area contributed by atoms with E-state index >= 15 is 0 Å². The third-order valence-electron chi connectivity index (χ3n) is 3.94. The number of amides is 2. The van der Waals surface area contributed by atoms with Crippen LogP contribution in [0.5, 0.6) is 0 Å². The van der Waals surface area contributed by atoms with E-state index < -0.39 is 35.0 Å². The molecule has 0 fully saturated rings. The summed E-state index contributed by atoms with van der Waals surface area (Å²) in [6.07, 6.45) is 0. The van der Waals surface area contributed by atoms with Crippen LogP contribution in [0.3, 0.4) is 0 Å². The average molecular weight is 395 g/mol. The lowest BCUT2D eigenvalue weighted by atomic mass is 10.1. The van der Waals surface area contributed by atoms with Crippen molar-refractivity contribution in [3.05, 3.63) is 94.8 Å². The van der Waals surface area contributed by atoms with Crippen LogP contribution in [0.25, 0.3) is 0 Å². The Hall–Kier alpha value is -4.12. The molecule has 0 unspecified atom stereocenters. The third-order valence-corrected chi connectivity index (χ3v) is 3.94. The molecule has 0 atom stereocenters. The molecule has 0 saturated carbocycles. The smallest absolute Gasteiger partial charge is 0.255 e. The van der Waals surface area contributed by atoms with Crippen LogP contribution in [0.1, 0.15) is 26.3 Å². The predicted octanol–water partition coefficient (Wildman–Crippen LogP) is 4.48. The fourth-order valence-corrected chi connectivity index (χ4v) is 2.46. The third kappa shape index (κ3) is 4.42. The van der Waals surface area contributed by atoms with Crippen molar-refractivity contribution in [2.45, 2.75) is 0 Å². The van der Waals surface area contributed by atoms with Gasteiger partial charge in [0.15, 0.2) is 17.5 Å². The normalized spacial score (nSPS) is 10.1. The monoisotopic (exact) mass is 395 g/mol. The van der Waals surface area contributed by atoms with Gasteiger partial charge in [-0.15, -0.1) is 0 Å². The van der Waals surface area contributed by atoms with Crippen LogP contribution in [0.4, 0.5) is 24.5 Å². The highest BCUT2D eigenvalue weighted by atomic mass is 19.2. The van der Waals surface area contributed by atoms with Gasteiger partial charge in [0.2, 0.25) is 0 Å². The van der Waals surface area contributed by atoms with Crippen molar-refractivity contribution in [3.63, 3.8) is 0 Å². The number of carbonyl (C=O) groups is 2. The Morgan fingerprint density at radius 1 is 0.793 bits per heavy atom. The molecule has 0 aliphatic rings. The molecule has 2 amide bonds. The first-order valence-corrected chi connectivity index (χ1v) is 8.25. The Bertz CT molecular complexity index is 1140. The number of halogens is 3. The summed E-state index contributed by atoms with van der Waals surface area (Å²) in [5.41, 5.74) is 0.636. The fourth-order valence-electron chi connectivity index (χ4n) is 2.46. The summed E-state index contributed by atoms with van der Waals surface area (Å²) in [4.78, 5) is 24.5. The van der Waals surface area contributed by atoms with Crippen molar-refractivity contribution in [3.8, 4) is 6.07 Å². The van der Waals surface area contributed by atoms with Gasteiger partial charge < -0.3 is 10.6 Å². The Kier molecular flexibility index (Phi) is 5.60. The summed E-state index contributed by atoms with van der Waals surface area (Å²) in [5, 5.41) is 13.7. The summed E-state index contributed by atoms with van der Waals surface area (Å²) >= 11 is 0. The van der Waals surface area contributed by atoms with Crippen LogP contribution in [0, 0.1) is 28.8 Å². The Balaban J connectivity index is 1.71. The first kappa shape index (κ1) is 19.6. The Labute approximate surface area is 163 Å². The molecule has 0 heterocycles. The lowest BCUT2D eigenvalue weighted by Crippen LogP contribution is -2.15. The summed E-state index contributed by atoms with van der Waals surface area (Å²) < 4.78 is 39.9. The fraction of sp³-hybridized carbons (Fsp3) is 0. The van der Waals surface area contributed by atoms with Gasteiger partial charge in [0.25, 0.3) is 11.8 Å². The van der Waals surface area contributed by atoms with Crippen LogP contribution in [0.15, 0.2) is 60.7 Å². The van der Waals surface area contributed by atoms with Crippen LogP contribution in [-0.2, 0) is 0 Å². The second-order valence-corrected chi connectivity index (χ2v) is 5.90. The topological polar surface area (TPSA) is 82.0 Å².